The zero-order chi connectivity index (χ0) is 48.7. The van der Waals surface area contributed by atoms with Gasteiger partial charge in [0.1, 0.15) is 97.7 Å². The van der Waals surface area contributed by atoms with Gasteiger partial charge in [-0.2, -0.15) is 0 Å². The van der Waals surface area contributed by atoms with E-state index < -0.39 is 177 Å². The molecule has 4 aliphatic carbocycles. The smallest absolute Gasteiger partial charge is 0.314 e. The van der Waals surface area contributed by atoms with Crippen molar-refractivity contribution in [1.82, 2.24) is 0 Å². The lowest BCUT2D eigenvalue weighted by Crippen LogP contribution is -2.68. The minimum absolute atomic E-state index is 0.0251. The predicted octanol–water partition coefficient (Wildman–Crippen LogP) is -5.11. The van der Waals surface area contributed by atoms with Crippen LogP contribution in [0.2, 0.25) is 0 Å². The molecule has 0 aromatic rings. The maximum absolute atomic E-state index is 14.3. The summed E-state index contributed by atoms with van der Waals surface area (Å²) in [6, 6.07) is 0. The zero-order valence-corrected chi connectivity index (χ0v) is 37.5. The van der Waals surface area contributed by atoms with E-state index in [4.69, 9.17) is 37.9 Å². The van der Waals surface area contributed by atoms with Crippen molar-refractivity contribution in [2.75, 3.05) is 26.4 Å². The highest BCUT2D eigenvalue weighted by Gasteiger charge is 2.70. The Morgan fingerprint density at radius 3 is 1.57 bits per heavy atom. The van der Waals surface area contributed by atoms with Gasteiger partial charge in [-0.3, -0.25) is 4.79 Å². The van der Waals surface area contributed by atoms with Crippen molar-refractivity contribution in [2.24, 2.45) is 28.1 Å². The van der Waals surface area contributed by atoms with Crippen LogP contribution in [0.15, 0.2) is 12.2 Å². The summed E-state index contributed by atoms with van der Waals surface area (Å²) in [5.74, 6) is -0.805. The van der Waals surface area contributed by atoms with Crippen LogP contribution in [0.25, 0.3) is 0 Å². The van der Waals surface area contributed by atoms with E-state index in [-0.39, 0.29) is 11.8 Å². The third-order valence-electron chi connectivity index (χ3n) is 17.1. The van der Waals surface area contributed by atoms with Gasteiger partial charge in [0.2, 0.25) is 6.29 Å². The van der Waals surface area contributed by atoms with Gasteiger partial charge < -0.3 is 109 Å². The molecule has 4 heterocycles. The number of aliphatic hydroxyl groups is 14. The van der Waals surface area contributed by atoms with E-state index in [2.05, 4.69) is 13.5 Å². The van der Waals surface area contributed by atoms with E-state index in [1.54, 1.807) is 0 Å². The molecule has 8 fully saturated rings. The lowest BCUT2D eigenvalue weighted by molar-refractivity contribution is -0.400. The van der Waals surface area contributed by atoms with E-state index in [1.807, 2.05) is 6.92 Å². The molecule has 23 heteroatoms. The monoisotopic (exact) mass is 966 g/mol. The third-order valence-corrected chi connectivity index (χ3v) is 17.1. The number of fused-ring (bicyclic) bond motifs is 3. The molecule has 26 atom stereocenters. The zero-order valence-electron chi connectivity index (χ0n) is 37.5. The molecule has 4 aliphatic heterocycles. The van der Waals surface area contributed by atoms with Gasteiger partial charge in [0.05, 0.1) is 37.4 Å². The summed E-state index contributed by atoms with van der Waals surface area (Å²) in [6.45, 7) is 5.41. The van der Waals surface area contributed by atoms with E-state index in [9.17, 15) is 76.3 Å². The van der Waals surface area contributed by atoms with Crippen LogP contribution in [0, 0.1) is 28.1 Å². The second-order valence-electron chi connectivity index (χ2n) is 20.8. The molecule has 4 saturated carbocycles. The Morgan fingerprint density at radius 2 is 1.03 bits per heavy atom. The molecule has 67 heavy (non-hydrogen) atoms. The Balaban J connectivity index is 1.06. The van der Waals surface area contributed by atoms with Gasteiger partial charge in [-0.25, -0.2) is 0 Å². The summed E-state index contributed by atoms with van der Waals surface area (Å²) in [6.07, 6.45) is -29.1. The summed E-state index contributed by atoms with van der Waals surface area (Å²) in [5, 5.41) is 148. The topological polar surface area (TPSA) is 374 Å². The Labute approximate surface area is 386 Å². The highest BCUT2D eigenvalue weighted by atomic mass is 16.8. The Morgan fingerprint density at radius 1 is 0.567 bits per heavy atom. The van der Waals surface area contributed by atoms with E-state index >= 15 is 0 Å². The summed E-state index contributed by atoms with van der Waals surface area (Å²) in [7, 11) is 0. The molecule has 1 spiro atoms. The van der Waals surface area contributed by atoms with Crippen LogP contribution < -0.4 is 0 Å². The Bertz CT molecular complexity index is 1760. The van der Waals surface area contributed by atoms with Crippen molar-refractivity contribution in [1.29, 1.82) is 0 Å². The average molecular weight is 967 g/mol. The first-order valence-electron chi connectivity index (χ1n) is 23.4. The van der Waals surface area contributed by atoms with Gasteiger partial charge in [-0.15, -0.1) is 0 Å². The van der Waals surface area contributed by atoms with Crippen LogP contribution in [0.5, 0.6) is 0 Å². The van der Waals surface area contributed by atoms with Crippen LogP contribution in [-0.2, 0) is 42.7 Å². The molecule has 8 rings (SSSR count). The first-order chi connectivity index (χ1) is 31.6. The van der Waals surface area contributed by atoms with Crippen molar-refractivity contribution in [2.45, 2.75) is 200 Å². The van der Waals surface area contributed by atoms with Gasteiger partial charge in [-0.05, 0) is 86.5 Å². The van der Waals surface area contributed by atoms with Crippen LogP contribution in [0.4, 0.5) is 0 Å². The molecular formula is C44H70O23. The minimum Gasteiger partial charge on any atom is -0.432 e. The Kier molecular flexibility index (Phi) is 15.0. The molecule has 0 aromatic carbocycles. The first kappa shape index (κ1) is 51.7. The highest BCUT2D eigenvalue weighted by molar-refractivity contribution is 5.77. The molecule has 384 valence electrons. The SMILES string of the molecule is C=C1CC23CC[C@H]4[C@@](C)(CCC[C@@]4(C)C(=O)O[C@@H]4O[C@H](CO)[C@@H](O)[C@H](O)[C@H]4O)[C@@H]2CC[C@]1(O[C@@H]1O[C@H](CO)[C@@H](O)[C@H](O[C@@H]2O[C@H](CO)[C@@H](O)[C@H](O)[C@H]2O)[C@H]1O[C@@H]1O[C@H](CO)[C@@H](O)[C@H](O)[C@H]1O)C3. The second kappa shape index (κ2) is 19.4. The van der Waals surface area contributed by atoms with Crippen molar-refractivity contribution in [3.63, 3.8) is 0 Å². The second-order valence-corrected chi connectivity index (χ2v) is 20.8. The molecule has 23 nitrogen and oxygen atoms in total. The van der Waals surface area contributed by atoms with Crippen molar-refractivity contribution in [3.05, 3.63) is 12.2 Å². The highest BCUT2D eigenvalue weighted by Crippen LogP contribution is 2.74. The van der Waals surface area contributed by atoms with Crippen molar-refractivity contribution in [3.8, 4) is 0 Å². The van der Waals surface area contributed by atoms with Crippen LogP contribution >= 0.6 is 0 Å². The Hall–Kier alpha value is -1.63. The molecule has 2 bridgehead atoms. The van der Waals surface area contributed by atoms with Gasteiger partial charge in [0.15, 0.2) is 18.9 Å². The van der Waals surface area contributed by atoms with E-state index in [0.29, 0.717) is 56.9 Å². The van der Waals surface area contributed by atoms with E-state index in [1.165, 1.54) is 0 Å². The molecule has 0 aromatic heterocycles. The molecule has 0 radical (unpaired) electrons. The van der Waals surface area contributed by atoms with E-state index in [0.717, 1.165) is 6.42 Å². The minimum atomic E-state index is -1.95. The van der Waals surface area contributed by atoms with Crippen molar-refractivity contribution < 1.29 is 114 Å². The normalized spacial score (nSPS) is 54.5. The van der Waals surface area contributed by atoms with Gasteiger partial charge in [0.25, 0.3) is 0 Å². The molecule has 8 aliphatic rings. The maximum atomic E-state index is 14.3. The number of carbonyl (C=O) groups excluding carboxylic acids is 1. The standard InChI is InChI=1S/C44H70O23/c1-17-11-43-9-5-22-41(2,7-4-8-42(22,3)40(59)66-38-33(58)30(55)26(51)20(14-47)62-38)23(43)6-10-44(17,16-43)67-39-35(65-37-32(57)29(54)25(50)19(13-46)61-37)34(27(52)21(15-48)63-39)64-36-31(56)28(53)24(49)18(12-45)60-36/h18-39,45-58H,1,4-16H2,2-3H3/t18-,19-,20-,21-,22+,23+,24-,25-,26-,27-,28+,29+,30+,31-,32-,33-,34+,35-,36+,37+,38+,39+,41-,42-,43?,44+/m1/s1. The largest absolute Gasteiger partial charge is 0.432 e. The third kappa shape index (κ3) is 8.63. The number of carbonyl (C=O) groups is 1. The molecular weight excluding hydrogens is 896 g/mol. The van der Waals surface area contributed by atoms with Crippen molar-refractivity contribution >= 4 is 5.97 Å². The fraction of sp³-hybridized carbons (Fsp3) is 0.932. The number of esters is 1. The van der Waals surface area contributed by atoms with Gasteiger partial charge in [-0.1, -0.05) is 19.9 Å². The number of rotatable bonds is 12. The maximum Gasteiger partial charge on any atom is 0.314 e. The first-order valence-corrected chi connectivity index (χ1v) is 23.4. The molecule has 0 amide bonds. The predicted molar refractivity (Wildman–Crippen MR) is 219 cm³/mol. The summed E-state index contributed by atoms with van der Waals surface area (Å²) < 4.78 is 48.2. The molecule has 14 N–H and O–H groups in total. The van der Waals surface area contributed by atoms with Crippen LogP contribution in [-0.4, -0.2) is 232 Å². The number of hydrogen-bond acceptors (Lipinski definition) is 23. The van der Waals surface area contributed by atoms with Crippen LogP contribution in [0.3, 0.4) is 0 Å². The van der Waals surface area contributed by atoms with Gasteiger partial charge in [0, 0.05) is 0 Å². The number of aliphatic hydroxyl groups excluding tert-OH is 14. The van der Waals surface area contributed by atoms with Gasteiger partial charge >= 0.3 is 5.97 Å². The lowest BCUT2D eigenvalue weighted by Gasteiger charge is -2.64. The fourth-order valence-electron chi connectivity index (χ4n) is 13.5. The summed E-state index contributed by atoms with van der Waals surface area (Å²) >= 11 is 0. The summed E-state index contributed by atoms with van der Waals surface area (Å²) in [5.41, 5.74) is -2.33. The van der Waals surface area contributed by atoms with Crippen LogP contribution in [0.1, 0.15) is 71.6 Å². The quantitative estimate of drug-likeness (QED) is 0.0494. The number of ether oxygens (including phenoxy) is 8. The molecule has 4 saturated heterocycles. The summed E-state index contributed by atoms with van der Waals surface area (Å²) in [4.78, 5) is 14.3. The molecule has 1 unspecified atom stereocenters. The lowest BCUT2D eigenvalue weighted by atomic mass is 9.41. The average Bonchev–Trinajstić information content (AvgIpc) is 3.50. The fourth-order valence-corrected chi connectivity index (χ4v) is 13.5. The number of hydrogen-bond donors (Lipinski definition) is 14.